The van der Waals surface area contributed by atoms with E-state index in [-0.39, 0.29) is 10.9 Å². The second-order valence-corrected chi connectivity index (χ2v) is 13.5. The molecule has 6 heteroatoms. The third kappa shape index (κ3) is 5.13. The number of nitrogens with zero attached hydrogens (tertiary/aromatic N) is 1. The lowest BCUT2D eigenvalue weighted by atomic mass is 9.99. The van der Waals surface area contributed by atoms with E-state index in [1.54, 1.807) is 4.90 Å². The fourth-order valence-corrected chi connectivity index (χ4v) is 3.93. The number of carbonyl (C=O) groups is 1. The molecule has 0 N–H and O–H groups in total. The van der Waals surface area contributed by atoms with Gasteiger partial charge in [-0.3, -0.25) is 4.79 Å². The van der Waals surface area contributed by atoms with Gasteiger partial charge in [0.1, 0.15) is 0 Å². The highest BCUT2D eigenvalue weighted by Gasteiger charge is 2.43. The molecule has 1 aromatic carbocycles. The summed E-state index contributed by atoms with van der Waals surface area (Å²) < 4.78 is 35.4. The Hall–Kier alpha value is -1.27. The van der Waals surface area contributed by atoms with Crippen LogP contribution < -0.4 is 0 Å². The summed E-state index contributed by atoms with van der Waals surface area (Å²) in [4.78, 5) is 13.8. The Labute approximate surface area is 156 Å². The minimum absolute atomic E-state index is 0.0417. The molecule has 26 heavy (non-hydrogen) atoms. The lowest BCUT2D eigenvalue weighted by molar-refractivity contribution is -0.132. The van der Waals surface area contributed by atoms with Gasteiger partial charge in [0.05, 0.1) is 12.6 Å². The van der Waals surface area contributed by atoms with Gasteiger partial charge in [-0.25, -0.2) is 8.78 Å². The predicted octanol–water partition coefficient (Wildman–Crippen LogP) is 5.40. The zero-order valence-corrected chi connectivity index (χ0v) is 17.5. The quantitative estimate of drug-likeness (QED) is 0.590. The molecule has 1 atom stereocenters. The molecular weight excluding hydrogens is 352 g/mol. The average molecular weight is 384 g/mol. The molecule has 0 radical (unpaired) electrons. The van der Waals surface area contributed by atoms with E-state index < -0.39 is 33.3 Å². The number of halogens is 2. The molecule has 2 rings (SSSR count). The summed E-state index contributed by atoms with van der Waals surface area (Å²) in [7, 11) is -2.25. The number of alkyl halides is 2. The molecule has 1 aromatic rings. The summed E-state index contributed by atoms with van der Waals surface area (Å²) in [5.74, 6) is -3.03. The smallest absolute Gasteiger partial charge is 0.272 e. The Kier molecular flexibility index (Phi) is 6.28. The van der Waals surface area contributed by atoms with Crippen LogP contribution >= 0.6 is 0 Å². The molecule has 1 fully saturated rings. The number of rotatable bonds is 7. The number of hydrogen-bond acceptors (Lipinski definition) is 2. The van der Waals surface area contributed by atoms with E-state index in [0.29, 0.717) is 13.0 Å². The topological polar surface area (TPSA) is 29.5 Å². The van der Waals surface area contributed by atoms with E-state index in [0.717, 1.165) is 12.0 Å². The lowest BCUT2D eigenvalue weighted by Gasteiger charge is -2.38. The van der Waals surface area contributed by atoms with Crippen LogP contribution in [-0.4, -0.2) is 38.2 Å². The van der Waals surface area contributed by atoms with E-state index in [9.17, 15) is 13.6 Å². The first-order valence-corrected chi connectivity index (χ1v) is 12.2. The number of likely N-dealkylation sites (tertiary alicyclic amines) is 1. The van der Waals surface area contributed by atoms with Gasteiger partial charge < -0.3 is 9.33 Å². The van der Waals surface area contributed by atoms with Crippen LogP contribution in [0.5, 0.6) is 0 Å². The number of amides is 1. The van der Waals surface area contributed by atoms with Crippen LogP contribution in [0.4, 0.5) is 8.78 Å². The van der Waals surface area contributed by atoms with E-state index >= 15 is 0 Å². The summed E-state index contributed by atoms with van der Waals surface area (Å²) >= 11 is 0. The van der Waals surface area contributed by atoms with Crippen molar-refractivity contribution in [2.24, 2.45) is 0 Å². The largest absolute Gasteiger partial charge is 0.411 e. The highest BCUT2D eigenvalue weighted by atomic mass is 28.4. The molecular formula is C20H31F2NO2Si. The van der Waals surface area contributed by atoms with Gasteiger partial charge in [0.25, 0.3) is 5.92 Å². The average Bonchev–Trinajstić information content (AvgIpc) is 2.97. The second kappa shape index (κ2) is 7.77. The van der Waals surface area contributed by atoms with Crippen molar-refractivity contribution < 1.29 is 18.0 Å². The number of hydrogen-bond donors (Lipinski definition) is 0. The summed E-state index contributed by atoms with van der Waals surface area (Å²) in [6.07, 6.45) is 0.765. The Balaban J connectivity index is 2.15. The second-order valence-electron chi connectivity index (χ2n) is 8.73. The molecule has 0 saturated carbocycles. The van der Waals surface area contributed by atoms with Crippen LogP contribution in [0, 0.1) is 0 Å². The molecule has 0 spiro atoms. The summed E-state index contributed by atoms with van der Waals surface area (Å²) in [5.41, 5.74) is 0.759. The Morgan fingerprint density at radius 1 is 1.19 bits per heavy atom. The lowest BCUT2D eigenvalue weighted by Crippen LogP contribution is -2.45. The highest BCUT2D eigenvalue weighted by Crippen LogP contribution is 2.40. The van der Waals surface area contributed by atoms with Crippen molar-refractivity contribution in [3.8, 4) is 0 Å². The number of carbonyl (C=O) groups excluding carboxylic acids is 1. The monoisotopic (exact) mass is 383 g/mol. The van der Waals surface area contributed by atoms with Crippen molar-refractivity contribution in [2.75, 3.05) is 13.2 Å². The Bertz CT molecular complexity index is 614. The van der Waals surface area contributed by atoms with Crippen molar-refractivity contribution in [3.05, 3.63) is 35.9 Å². The Morgan fingerprint density at radius 3 is 2.31 bits per heavy atom. The van der Waals surface area contributed by atoms with E-state index in [1.165, 1.54) is 0 Å². The number of benzene rings is 1. The van der Waals surface area contributed by atoms with Crippen molar-refractivity contribution >= 4 is 14.2 Å². The van der Waals surface area contributed by atoms with E-state index in [2.05, 4.69) is 0 Å². The summed E-state index contributed by atoms with van der Waals surface area (Å²) in [6.45, 7) is 10.0. The van der Waals surface area contributed by atoms with Crippen LogP contribution in [-0.2, 0) is 9.22 Å². The Morgan fingerprint density at radius 2 is 1.81 bits per heavy atom. The summed E-state index contributed by atoms with van der Waals surface area (Å²) in [6, 6.07) is 8.54. The molecule has 1 saturated heterocycles. The van der Waals surface area contributed by atoms with Crippen LogP contribution in [0.15, 0.2) is 30.3 Å². The standard InChI is InChI=1S/C20H31F2NO2Si/c1-19(2,3)26(4,5)25-15-20(21,22)14-17(16-10-7-6-8-11-16)23-13-9-12-18(23)24/h6-8,10-11,17H,9,12-15H2,1-5H3. The molecule has 1 aliphatic rings. The molecule has 1 amide bonds. The van der Waals surface area contributed by atoms with Crippen LogP contribution in [0.25, 0.3) is 0 Å². The van der Waals surface area contributed by atoms with Crippen molar-refractivity contribution in [2.45, 2.75) is 70.1 Å². The third-order valence-corrected chi connectivity index (χ3v) is 10.1. The maximum absolute atomic E-state index is 14.8. The van der Waals surface area contributed by atoms with Gasteiger partial charge in [0.2, 0.25) is 5.91 Å². The predicted molar refractivity (Wildman–Crippen MR) is 103 cm³/mol. The van der Waals surface area contributed by atoms with E-state index in [1.807, 2.05) is 64.2 Å². The summed E-state index contributed by atoms with van der Waals surface area (Å²) in [5, 5.41) is -0.118. The molecule has 1 aliphatic heterocycles. The fourth-order valence-electron chi connectivity index (χ4n) is 2.93. The van der Waals surface area contributed by atoms with Gasteiger partial charge in [0.15, 0.2) is 8.32 Å². The fraction of sp³-hybridized carbons (Fsp3) is 0.650. The molecule has 146 valence electrons. The van der Waals surface area contributed by atoms with Crippen LogP contribution in [0.1, 0.15) is 51.6 Å². The zero-order valence-electron chi connectivity index (χ0n) is 16.5. The van der Waals surface area contributed by atoms with Gasteiger partial charge in [-0.2, -0.15) is 0 Å². The van der Waals surface area contributed by atoms with Gasteiger partial charge in [0, 0.05) is 19.4 Å². The molecule has 1 heterocycles. The van der Waals surface area contributed by atoms with Crippen molar-refractivity contribution in [1.82, 2.24) is 4.90 Å². The first-order chi connectivity index (χ1) is 11.9. The maximum atomic E-state index is 14.8. The van der Waals surface area contributed by atoms with Crippen LogP contribution in [0.2, 0.25) is 18.1 Å². The molecule has 0 bridgehead atoms. The minimum Gasteiger partial charge on any atom is -0.411 e. The third-order valence-electron chi connectivity index (χ3n) is 5.61. The van der Waals surface area contributed by atoms with Gasteiger partial charge >= 0.3 is 0 Å². The highest BCUT2D eigenvalue weighted by molar-refractivity contribution is 6.74. The van der Waals surface area contributed by atoms with Gasteiger partial charge in [-0.05, 0) is 30.1 Å². The maximum Gasteiger partial charge on any atom is 0.272 e. The van der Waals surface area contributed by atoms with Crippen molar-refractivity contribution in [3.63, 3.8) is 0 Å². The van der Waals surface area contributed by atoms with Crippen molar-refractivity contribution in [1.29, 1.82) is 0 Å². The van der Waals surface area contributed by atoms with Gasteiger partial charge in [-0.15, -0.1) is 0 Å². The van der Waals surface area contributed by atoms with Crippen LogP contribution in [0.3, 0.4) is 0 Å². The SMILES string of the molecule is CC(C)(C)[Si](C)(C)OCC(F)(F)CC(c1ccccc1)N1CCCC1=O. The van der Waals surface area contributed by atoms with E-state index in [4.69, 9.17) is 4.43 Å². The first-order valence-electron chi connectivity index (χ1n) is 9.29. The van der Waals surface area contributed by atoms with Gasteiger partial charge in [-0.1, -0.05) is 51.1 Å². The first kappa shape index (κ1) is 21.0. The normalized spacial score (nSPS) is 17.7. The molecule has 1 unspecified atom stereocenters. The minimum atomic E-state index is -2.99. The zero-order chi connectivity index (χ0) is 19.6. The molecule has 0 aromatic heterocycles. The molecule has 3 nitrogen and oxygen atoms in total. The molecule has 0 aliphatic carbocycles.